The third-order valence-corrected chi connectivity index (χ3v) is 4.72. The quantitative estimate of drug-likeness (QED) is 0.763. The lowest BCUT2D eigenvalue weighted by Gasteiger charge is -2.19. The summed E-state index contributed by atoms with van der Waals surface area (Å²) in [5, 5.41) is 6.84. The van der Waals surface area contributed by atoms with Crippen LogP contribution in [0.15, 0.2) is 36.7 Å². The molecule has 1 aliphatic rings. The maximum Gasteiger partial charge on any atom is 0.257 e. The molecule has 0 spiro atoms. The summed E-state index contributed by atoms with van der Waals surface area (Å²) in [6, 6.07) is 7.75. The van der Waals surface area contributed by atoms with Crippen LogP contribution < -0.4 is 10.6 Å². The Labute approximate surface area is 131 Å². The molecule has 1 aliphatic heterocycles. The van der Waals surface area contributed by atoms with Crippen LogP contribution in [0.2, 0.25) is 0 Å². The smallest absolute Gasteiger partial charge is 0.257 e. The molecule has 1 amide bonds. The second-order valence-electron chi connectivity index (χ2n) is 5.19. The third-order valence-electron chi connectivity index (χ3n) is 3.80. The molecule has 1 aromatic carbocycles. The SMILES string of the molecule is O=C(Nc1nc2ccncc2s1)c1cccc2c1CNCC2. The van der Waals surface area contributed by atoms with Gasteiger partial charge in [-0.15, -0.1) is 0 Å². The molecule has 0 radical (unpaired) electrons. The number of anilines is 1. The number of thiazole rings is 1. The number of nitrogens with one attached hydrogen (secondary N) is 2. The van der Waals surface area contributed by atoms with Gasteiger partial charge < -0.3 is 5.32 Å². The summed E-state index contributed by atoms with van der Waals surface area (Å²) in [6.45, 7) is 1.70. The number of pyridine rings is 1. The lowest BCUT2D eigenvalue weighted by molar-refractivity contribution is 0.102. The van der Waals surface area contributed by atoms with Crippen LogP contribution in [0.1, 0.15) is 21.5 Å². The molecule has 0 aliphatic carbocycles. The minimum Gasteiger partial charge on any atom is -0.312 e. The maximum atomic E-state index is 12.6. The zero-order valence-electron chi connectivity index (χ0n) is 11.8. The predicted molar refractivity (Wildman–Crippen MR) is 87.2 cm³/mol. The van der Waals surface area contributed by atoms with Crippen molar-refractivity contribution in [1.82, 2.24) is 15.3 Å². The van der Waals surface area contributed by atoms with E-state index in [-0.39, 0.29) is 5.91 Å². The Morgan fingerprint density at radius 1 is 1.32 bits per heavy atom. The topological polar surface area (TPSA) is 66.9 Å². The number of aromatic nitrogens is 2. The Bertz CT molecular complexity index is 825. The summed E-state index contributed by atoms with van der Waals surface area (Å²) in [4.78, 5) is 21.1. The number of amides is 1. The molecule has 3 heterocycles. The molecule has 2 aromatic heterocycles. The van der Waals surface area contributed by atoms with Crippen LogP contribution in [-0.4, -0.2) is 22.4 Å². The van der Waals surface area contributed by atoms with Gasteiger partial charge in [-0.2, -0.15) is 0 Å². The standard InChI is InChI=1S/C16H14N4OS/c21-15(11-3-1-2-10-4-6-17-8-12(10)11)20-16-19-13-5-7-18-9-14(13)22-16/h1-3,5,7,9,17H,4,6,8H2,(H,19,20,21). The zero-order chi connectivity index (χ0) is 14.9. The fraction of sp³-hybridized carbons (Fsp3) is 0.188. The van der Waals surface area contributed by atoms with Crippen LogP contribution >= 0.6 is 11.3 Å². The Hall–Kier alpha value is -2.31. The summed E-state index contributed by atoms with van der Waals surface area (Å²) in [5.74, 6) is -0.104. The molecule has 3 aromatic rings. The van der Waals surface area contributed by atoms with Gasteiger partial charge in [0, 0.05) is 24.5 Å². The van der Waals surface area contributed by atoms with Crippen LogP contribution in [-0.2, 0) is 13.0 Å². The van der Waals surface area contributed by atoms with Crippen LogP contribution in [0.5, 0.6) is 0 Å². The monoisotopic (exact) mass is 310 g/mol. The van der Waals surface area contributed by atoms with Gasteiger partial charge in [-0.1, -0.05) is 23.5 Å². The van der Waals surface area contributed by atoms with Crippen molar-refractivity contribution < 1.29 is 4.79 Å². The van der Waals surface area contributed by atoms with Gasteiger partial charge >= 0.3 is 0 Å². The summed E-state index contributed by atoms with van der Waals surface area (Å²) in [5.41, 5.74) is 3.92. The molecule has 5 nitrogen and oxygen atoms in total. The van der Waals surface area contributed by atoms with Crippen LogP contribution in [0.4, 0.5) is 5.13 Å². The first kappa shape index (κ1) is 13.4. The highest BCUT2D eigenvalue weighted by Gasteiger charge is 2.18. The molecular formula is C16H14N4OS. The van der Waals surface area contributed by atoms with Crippen molar-refractivity contribution in [3.8, 4) is 0 Å². The number of nitrogens with zero attached hydrogens (tertiary/aromatic N) is 2. The number of hydrogen-bond donors (Lipinski definition) is 2. The van der Waals surface area contributed by atoms with Gasteiger partial charge in [-0.25, -0.2) is 4.98 Å². The van der Waals surface area contributed by atoms with E-state index < -0.39 is 0 Å². The van der Waals surface area contributed by atoms with Gasteiger partial charge in [0.2, 0.25) is 0 Å². The molecule has 110 valence electrons. The first-order valence-electron chi connectivity index (χ1n) is 7.14. The van der Waals surface area contributed by atoms with Gasteiger partial charge in [0.15, 0.2) is 5.13 Å². The van der Waals surface area contributed by atoms with Crippen LogP contribution in [0.3, 0.4) is 0 Å². The second kappa shape index (κ2) is 5.47. The number of hydrogen-bond acceptors (Lipinski definition) is 5. The van der Waals surface area contributed by atoms with Crippen molar-refractivity contribution in [2.45, 2.75) is 13.0 Å². The van der Waals surface area contributed by atoms with Gasteiger partial charge in [0.25, 0.3) is 5.91 Å². The lowest BCUT2D eigenvalue weighted by atomic mass is 9.95. The molecule has 0 unspecified atom stereocenters. The summed E-state index contributed by atoms with van der Waals surface area (Å²) in [6.07, 6.45) is 4.42. The van der Waals surface area contributed by atoms with E-state index in [9.17, 15) is 4.79 Å². The minimum atomic E-state index is -0.104. The molecule has 6 heteroatoms. The van der Waals surface area contributed by atoms with E-state index in [1.165, 1.54) is 16.9 Å². The maximum absolute atomic E-state index is 12.6. The molecule has 4 rings (SSSR count). The first-order chi connectivity index (χ1) is 10.8. The molecule has 0 bridgehead atoms. The number of carbonyl (C=O) groups is 1. The number of benzene rings is 1. The fourth-order valence-electron chi connectivity index (χ4n) is 2.72. The minimum absolute atomic E-state index is 0.104. The fourth-order valence-corrected chi connectivity index (χ4v) is 3.55. The van der Waals surface area contributed by atoms with Crippen LogP contribution in [0, 0.1) is 0 Å². The molecular weight excluding hydrogens is 296 g/mol. The Morgan fingerprint density at radius 3 is 3.18 bits per heavy atom. The Balaban J connectivity index is 1.65. The van der Waals surface area contributed by atoms with E-state index >= 15 is 0 Å². The van der Waals surface area contributed by atoms with Crippen molar-refractivity contribution in [3.63, 3.8) is 0 Å². The highest BCUT2D eigenvalue weighted by atomic mass is 32.1. The second-order valence-corrected chi connectivity index (χ2v) is 6.22. The number of fused-ring (bicyclic) bond motifs is 2. The molecule has 0 fully saturated rings. The summed E-state index contributed by atoms with van der Waals surface area (Å²) in [7, 11) is 0. The summed E-state index contributed by atoms with van der Waals surface area (Å²) < 4.78 is 0.967. The number of carbonyl (C=O) groups excluding carboxylic acids is 1. The average Bonchev–Trinajstić information content (AvgIpc) is 2.96. The van der Waals surface area contributed by atoms with Gasteiger partial charge in [0.05, 0.1) is 10.2 Å². The third kappa shape index (κ3) is 2.36. The van der Waals surface area contributed by atoms with Gasteiger partial charge in [0.1, 0.15) is 0 Å². The van der Waals surface area contributed by atoms with Gasteiger partial charge in [-0.3, -0.25) is 15.1 Å². The zero-order valence-corrected chi connectivity index (χ0v) is 12.6. The van der Waals surface area contributed by atoms with E-state index in [1.807, 2.05) is 18.2 Å². The van der Waals surface area contributed by atoms with Crippen molar-refractivity contribution in [2.24, 2.45) is 0 Å². The lowest BCUT2D eigenvalue weighted by Crippen LogP contribution is -2.27. The van der Waals surface area contributed by atoms with Crippen molar-refractivity contribution in [2.75, 3.05) is 11.9 Å². The van der Waals surface area contributed by atoms with E-state index in [0.717, 1.165) is 40.9 Å². The van der Waals surface area contributed by atoms with Crippen molar-refractivity contribution in [3.05, 3.63) is 53.3 Å². The normalized spacial score (nSPS) is 13.8. The summed E-state index contributed by atoms with van der Waals surface area (Å²) >= 11 is 1.44. The molecule has 22 heavy (non-hydrogen) atoms. The molecule has 0 atom stereocenters. The predicted octanol–water partition coefficient (Wildman–Crippen LogP) is 2.59. The first-order valence-corrected chi connectivity index (χ1v) is 7.96. The largest absolute Gasteiger partial charge is 0.312 e. The molecule has 2 N–H and O–H groups in total. The molecule has 0 saturated heterocycles. The van der Waals surface area contributed by atoms with Crippen molar-refractivity contribution >= 4 is 32.6 Å². The van der Waals surface area contributed by atoms with E-state index in [0.29, 0.717) is 5.13 Å². The average molecular weight is 310 g/mol. The Morgan fingerprint density at radius 2 is 2.27 bits per heavy atom. The van der Waals surface area contributed by atoms with Gasteiger partial charge in [-0.05, 0) is 36.2 Å². The highest BCUT2D eigenvalue weighted by Crippen LogP contribution is 2.26. The van der Waals surface area contributed by atoms with E-state index in [1.54, 1.807) is 12.4 Å². The van der Waals surface area contributed by atoms with Crippen LogP contribution in [0.25, 0.3) is 10.2 Å². The number of rotatable bonds is 2. The Kier molecular flexibility index (Phi) is 3.32. The highest BCUT2D eigenvalue weighted by molar-refractivity contribution is 7.22. The van der Waals surface area contributed by atoms with E-state index in [2.05, 4.69) is 26.7 Å². The van der Waals surface area contributed by atoms with Crippen molar-refractivity contribution in [1.29, 1.82) is 0 Å². The van der Waals surface area contributed by atoms with E-state index in [4.69, 9.17) is 0 Å². The molecule has 0 saturated carbocycles.